The Morgan fingerprint density at radius 2 is 1.91 bits per heavy atom. The minimum atomic E-state index is 0.483. The molecule has 2 nitrogen and oxygen atoms in total. The first-order chi connectivity index (χ1) is 11.1. The summed E-state index contributed by atoms with van der Waals surface area (Å²) in [6, 6.07) is 8.95. The summed E-state index contributed by atoms with van der Waals surface area (Å²) < 4.78 is 0. The molecule has 0 N–H and O–H groups in total. The number of hydrogen-bond acceptors (Lipinski definition) is 2. The normalized spacial score (nSPS) is 13.2. The van der Waals surface area contributed by atoms with Gasteiger partial charge in [0.25, 0.3) is 0 Å². The van der Waals surface area contributed by atoms with Gasteiger partial charge in [0.15, 0.2) is 0 Å². The molecule has 2 heteroatoms. The van der Waals surface area contributed by atoms with E-state index in [0.29, 0.717) is 5.92 Å². The van der Waals surface area contributed by atoms with Crippen LogP contribution in [0.3, 0.4) is 0 Å². The number of aryl methyl sites for hydroxylation is 3. The van der Waals surface area contributed by atoms with Crippen LogP contribution in [-0.4, -0.2) is 17.2 Å². The number of hydrogen-bond donors (Lipinski definition) is 0. The molecule has 2 aromatic rings. The van der Waals surface area contributed by atoms with Crippen LogP contribution in [0.25, 0.3) is 0 Å². The zero-order valence-electron chi connectivity index (χ0n) is 15.1. The number of rotatable bonds is 6. The van der Waals surface area contributed by atoms with E-state index in [-0.39, 0.29) is 0 Å². The molecule has 0 bridgehead atoms. The Hall–Kier alpha value is -1.96. The number of aliphatic imine (C=N–C) groups is 1. The van der Waals surface area contributed by atoms with Crippen molar-refractivity contribution in [2.24, 2.45) is 4.99 Å². The fourth-order valence-corrected chi connectivity index (χ4v) is 3.05. The van der Waals surface area contributed by atoms with E-state index in [9.17, 15) is 0 Å². The van der Waals surface area contributed by atoms with Gasteiger partial charge in [-0.15, -0.1) is 0 Å². The van der Waals surface area contributed by atoms with Crippen molar-refractivity contribution in [1.29, 1.82) is 0 Å². The molecule has 1 aromatic carbocycles. The van der Waals surface area contributed by atoms with Crippen molar-refractivity contribution < 1.29 is 0 Å². The Kier molecular flexibility index (Phi) is 6.09. The molecule has 0 saturated carbocycles. The molecule has 0 fully saturated rings. The predicted molar refractivity (Wildman–Crippen MR) is 99.6 cm³/mol. The Bertz CT molecular complexity index is 686. The topological polar surface area (TPSA) is 25.2 Å². The maximum absolute atomic E-state index is 4.86. The largest absolute Gasteiger partial charge is 0.289 e. The zero-order valence-corrected chi connectivity index (χ0v) is 15.1. The highest BCUT2D eigenvalue weighted by molar-refractivity contribution is 5.99. The van der Waals surface area contributed by atoms with Gasteiger partial charge >= 0.3 is 0 Å². The third-order valence-corrected chi connectivity index (χ3v) is 4.67. The van der Waals surface area contributed by atoms with Crippen LogP contribution in [0, 0.1) is 13.8 Å². The fraction of sp³-hybridized carbons (Fsp3) is 0.429. The van der Waals surface area contributed by atoms with E-state index in [1.54, 1.807) is 0 Å². The number of benzene rings is 1. The summed E-state index contributed by atoms with van der Waals surface area (Å²) >= 11 is 0. The minimum Gasteiger partial charge on any atom is -0.289 e. The van der Waals surface area contributed by atoms with Gasteiger partial charge in [-0.05, 0) is 61.9 Å². The van der Waals surface area contributed by atoms with Gasteiger partial charge in [-0.3, -0.25) is 9.98 Å². The molecule has 2 rings (SSSR count). The lowest BCUT2D eigenvalue weighted by Gasteiger charge is -2.16. The molecule has 0 saturated heterocycles. The van der Waals surface area contributed by atoms with E-state index in [1.807, 2.05) is 12.4 Å². The van der Waals surface area contributed by atoms with E-state index in [0.717, 1.165) is 25.1 Å². The monoisotopic (exact) mass is 308 g/mol. The highest BCUT2D eigenvalue weighted by Crippen LogP contribution is 2.23. The van der Waals surface area contributed by atoms with E-state index in [2.05, 4.69) is 63.9 Å². The van der Waals surface area contributed by atoms with E-state index in [4.69, 9.17) is 4.99 Å². The predicted octanol–water partition coefficient (Wildman–Crippen LogP) is 5.26. The molecule has 0 radical (unpaired) electrons. The van der Waals surface area contributed by atoms with Crippen molar-refractivity contribution in [2.45, 2.75) is 53.4 Å². The van der Waals surface area contributed by atoms with Crippen LogP contribution in [0.2, 0.25) is 0 Å². The molecule has 122 valence electrons. The third kappa shape index (κ3) is 4.28. The lowest BCUT2D eigenvalue weighted by atomic mass is 9.92. The Morgan fingerprint density at radius 1 is 1.13 bits per heavy atom. The van der Waals surface area contributed by atoms with Gasteiger partial charge in [0.05, 0.1) is 0 Å². The average Bonchev–Trinajstić information content (AvgIpc) is 2.55. The van der Waals surface area contributed by atoms with Gasteiger partial charge in [-0.1, -0.05) is 32.0 Å². The summed E-state index contributed by atoms with van der Waals surface area (Å²) in [5, 5.41) is 0. The lowest BCUT2D eigenvalue weighted by Crippen LogP contribution is -2.06. The SMILES string of the molecule is CCc1ccc(C(CC)CN=C(C)c2ccncc2C)cc1C. The van der Waals surface area contributed by atoms with Crippen molar-refractivity contribution in [3.63, 3.8) is 0 Å². The van der Waals surface area contributed by atoms with Crippen molar-refractivity contribution in [3.8, 4) is 0 Å². The Labute approximate surface area is 140 Å². The van der Waals surface area contributed by atoms with Gasteiger partial charge in [-0.2, -0.15) is 0 Å². The number of aromatic nitrogens is 1. The van der Waals surface area contributed by atoms with Gasteiger partial charge in [0, 0.05) is 36.1 Å². The standard InChI is InChI=1S/C21H28N2/c1-6-18-8-9-20(12-15(18)3)19(7-2)14-23-17(5)21-10-11-22-13-16(21)4/h8-13,19H,6-7,14H2,1-5H3. The first-order valence-corrected chi connectivity index (χ1v) is 8.58. The second kappa shape index (κ2) is 8.05. The smallest absolute Gasteiger partial charge is 0.0461 e. The second-order valence-electron chi connectivity index (χ2n) is 6.26. The summed E-state index contributed by atoms with van der Waals surface area (Å²) in [5.74, 6) is 0.483. The summed E-state index contributed by atoms with van der Waals surface area (Å²) in [7, 11) is 0. The molecule has 1 atom stereocenters. The molecule has 1 heterocycles. The molecule has 0 aliphatic heterocycles. The highest BCUT2D eigenvalue weighted by atomic mass is 14.7. The zero-order chi connectivity index (χ0) is 16.8. The first-order valence-electron chi connectivity index (χ1n) is 8.58. The molecule has 0 amide bonds. The van der Waals surface area contributed by atoms with Crippen LogP contribution in [0.4, 0.5) is 0 Å². The van der Waals surface area contributed by atoms with Crippen molar-refractivity contribution >= 4 is 5.71 Å². The number of nitrogens with zero attached hydrogens (tertiary/aromatic N) is 2. The average molecular weight is 308 g/mol. The molecule has 23 heavy (non-hydrogen) atoms. The fourth-order valence-electron chi connectivity index (χ4n) is 3.05. The molecular weight excluding hydrogens is 280 g/mol. The van der Waals surface area contributed by atoms with E-state index in [1.165, 1.54) is 27.8 Å². The lowest BCUT2D eigenvalue weighted by molar-refractivity contribution is 0.674. The summed E-state index contributed by atoms with van der Waals surface area (Å²) in [6.45, 7) is 11.7. The van der Waals surface area contributed by atoms with Crippen molar-refractivity contribution in [2.75, 3.05) is 6.54 Å². The second-order valence-corrected chi connectivity index (χ2v) is 6.26. The highest BCUT2D eigenvalue weighted by Gasteiger charge is 2.11. The minimum absolute atomic E-state index is 0.483. The van der Waals surface area contributed by atoms with E-state index < -0.39 is 0 Å². The number of pyridine rings is 1. The van der Waals surface area contributed by atoms with Gasteiger partial charge in [0.2, 0.25) is 0 Å². The Morgan fingerprint density at radius 3 is 2.52 bits per heavy atom. The summed E-state index contributed by atoms with van der Waals surface area (Å²) in [6.07, 6.45) is 5.95. The maximum Gasteiger partial charge on any atom is 0.0461 e. The molecule has 1 unspecified atom stereocenters. The van der Waals surface area contributed by atoms with Gasteiger partial charge < -0.3 is 0 Å². The van der Waals surface area contributed by atoms with Gasteiger partial charge in [-0.25, -0.2) is 0 Å². The van der Waals surface area contributed by atoms with Crippen LogP contribution in [0.1, 0.15) is 60.9 Å². The summed E-state index contributed by atoms with van der Waals surface area (Å²) in [4.78, 5) is 9.02. The van der Waals surface area contributed by atoms with Crippen molar-refractivity contribution in [3.05, 3.63) is 64.5 Å². The van der Waals surface area contributed by atoms with Crippen LogP contribution in [0.5, 0.6) is 0 Å². The van der Waals surface area contributed by atoms with Gasteiger partial charge in [0.1, 0.15) is 0 Å². The first kappa shape index (κ1) is 17.4. The molecule has 0 spiro atoms. The van der Waals surface area contributed by atoms with Crippen molar-refractivity contribution in [1.82, 2.24) is 4.98 Å². The van der Waals surface area contributed by atoms with Crippen LogP contribution < -0.4 is 0 Å². The molecule has 0 aliphatic rings. The molecular formula is C21H28N2. The van der Waals surface area contributed by atoms with E-state index >= 15 is 0 Å². The maximum atomic E-state index is 4.86. The third-order valence-electron chi connectivity index (χ3n) is 4.67. The quantitative estimate of drug-likeness (QED) is 0.668. The molecule has 1 aromatic heterocycles. The Balaban J connectivity index is 2.18. The van der Waals surface area contributed by atoms with Crippen LogP contribution >= 0.6 is 0 Å². The molecule has 0 aliphatic carbocycles. The van der Waals surface area contributed by atoms with Crippen LogP contribution in [0.15, 0.2) is 41.7 Å². The summed E-state index contributed by atoms with van der Waals surface area (Å²) in [5.41, 5.74) is 7.73. The van der Waals surface area contributed by atoms with Crippen LogP contribution in [-0.2, 0) is 6.42 Å².